The normalized spacial score (nSPS) is 13.7. The van der Waals surface area contributed by atoms with Crippen molar-refractivity contribution >= 4 is 38.6 Å². The Morgan fingerprint density at radius 1 is 0.973 bits per heavy atom. The number of ether oxygens (including phenoxy) is 2. The zero-order valence-corrected chi connectivity index (χ0v) is 21.9. The molecule has 9 nitrogen and oxygen atoms in total. The number of rotatable bonds is 10. The first-order valence-electron chi connectivity index (χ1n) is 12.1. The van der Waals surface area contributed by atoms with Crippen molar-refractivity contribution in [2.75, 3.05) is 39.2 Å². The summed E-state index contributed by atoms with van der Waals surface area (Å²) in [4.78, 5) is 26.4. The van der Waals surface area contributed by atoms with Crippen LogP contribution in [-0.2, 0) is 22.6 Å². The Bertz CT molecular complexity index is 1200. The first kappa shape index (κ1) is 27.9. The van der Waals surface area contributed by atoms with Crippen LogP contribution in [0.2, 0.25) is 0 Å². The van der Waals surface area contributed by atoms with Crippen molar-refractivity contribution in [3.8, 4) is 11.5 Å². The van der Waals surface area contributed by atoms with Gasteiger partial charge in [-0.1, -0.05) is 23.8 Å². The summed E-state index contributed by atoms with van der Waals surface area (Å²) < 4.78 is 11.9. The van der Waals surface area contributed by atoms with Crippen LogP contribution in [0.1, 0.15) is 30.4 Å². The van der Waals surface area contributed by atoms with E-state index in [0.717, 1.165) is 46.4 Å². The van der Waals surface area contributed by atoms with Crippen LogP contribution < -0.4 is 14.8 Å². The van der Waals surface area contributed by atoms with Gasteiger partial charge in [0.2, 0.25) is 0 Å². The maximum absolute atomic E-state index is 9.55. The highest BCUT2D eigenvalue weighted by atomic mass is 32.1. The fraction of sp³-hybridized carbons (Fsp3) is 0.370. The summed E-state index contributed by atoms with van der Waals surface area (Å²) in [6, 6.07) is 12.4. The second-order valence-corrected chi connectivity index (χ2v) is 9.53. The highest BCUT2D eigenvalue weighted by Gasteiger charge is 2.12. The standard InChI is InChI=1S/C23H29N3O2S.C4H4O4/c1-27-19-7-6-18(17(14-19)10-13-26-11-4-3-5-12-26)16-24-23-25-21-9-8-20(28-2)15-22(21)29-23;5-3(6)1-2-4(7)8/h6-9,14-15H,3-5,10-13,16H2,1-2H3,(H,24,25);1-2H,(H,5,6)(H,7,8)/b;2-1+. The Morgan fingerprint density at radius 2 is 1.62 bits per heavy atom. The number of hydrogen-bond acceptors (Lipinski definition) is 8. The number of aliphatic carboxylic acids is 2. The summed E-state index contributed by atoms with van der Waals surface area (Å²) in [7, 11) is 3.42. The van der Waals surface area contributed by atoms with Gasteiger partial charge in [0.1, 0.15) is 11.5 Å². The van der Waals surface area contributed by atoms with Crippen molar-refractivity contribution in [1.82, 2.24) is 9.88 Å². The molecule has 1 aromatic heterocycles. The lowest BCUT2D eigenvalue weighted by Gasteiger charge is -2.26. The summed E-state index contributed by atoms with van der Waals surface area (Å²) in [5.74, 6) is -0.725. The van der Waals surface area contributed by atoms with Gasteiger partial charge in [-0.15, -0.1) is 0 Å². The number of nitrogens with one attached hydrogen (secondary N) is 1. The third-order valence-electron chi connectivity index (χ3n) is 5.95. The molecule has 0 amide bonds. The average Bonchev–Trinajstić information content (AvgIpc) is 3.32. The van der Waals surface area contributed by atoms with Gasteiger partial charge < -0.3 is 29.9 Å². The third-order valence-corrected chi connectivity index (χ3v) is 6.93. The predicted molar refractivity (Wildman–Crippen MR) is 145 cm³/mol. The molecule has 0 radical (unpaired) electrons. The van der Waals surface area contributed by atoms with Gasteiger partial charge in [-0.2, -0.15) is 0 Å². The Hall–Kier alpha value is -3.63. The maximum atomic E-state index is 9.55. The van der Waals surface area contributed by atoms with E-state index >= 15 is 0 Å². The Morgan fingerprint density at radius 3 is 2.27 bits per heavy atom. The molecule has 4 rings (SSSR count). The topological polar surface area (TPSA) is 121 Å². The number of thiazole rings is 1. The lowest BCUT2D eigenvalue weighted by Crippen LogP contribution is -2.31. The van der Waals surface area contributed by atoms with E-state index in [1.807, 2.05) is 24.3 Å². The molecule has 0 unspecified atom stereocenters. The van der Waals surface area contributed by atoms with Crippen LogP contribution >= 0.6 is 11.3 Å². The van der Waals surface area contributed by atoms with Crippen molar-refractivity contribution in [3.05, 3.63) is 59.7 Å². The highest BCUT2D eigenvalue weighted by Crippen LogP contribution is 2.30. The average molecular weight is 528 g/mol. The van der Waals surface area contributed by atoms with Crippen LogP contribution in [0.5, 0.6) is 11.5 Å². The lowest BCUT2D eigenvalue weighted by molar-refractivity contribution is -0.134. The molecule has 37 heavy (non-hydrogen) atoms. The molecule has 0 spiro atoms. The summed E-state index contributed by atoms with van der Waals surface area (Å²) in [6.45, 7) is 4.33. The van der Waals surface area contributed by atoms with Crippen LogP contribution in [0.4, 0.5) is 5.13 Å². The number of carbonyl (C=O) groups is 2. The van der Waals surface area contributed by atoms with E-state index in [0.29, 0.717) is 12.2 Å². The van der Waals surface area contributed by atoms with E-state index in [2.05, 4.69) is 22.3 Å². The van der Waals surface area contributed by atoms with Gasteiger partial charge in [-0.05, 0) is 73.8 Å². The van der Waals surface area contributed by atoms with Crippen molar-refractivity contribution in [2.45, 2.75) is 32.2 Å². The van der Waals surface area contributed by atoms with Crippen LogP contribution in [0.15, 0.2) is 48.6 Å². The van der Waals surface area contributed by atoms with Crippen molar-refractivity contribution in [1.29, 1.82) is 0 Å². The summed E-state index contributed by atoms with van der Waals surface area (Å²) in [6.07, 6.45) is 6.19. The molecule has 1 fully saturated rings. The molecule has 0 saturated carbocycles. The van der Waals surface area contributed by atoms with Crippen LogP contribution in [0.3, 0.4) is 0 Å². The van der Waals surface area contributed by atoms with E-state index in [4.69, 9.17) is 24.7 Å². The Kier molecular flexibility index (Phi) is 10.7. The fourth-order valence-corrected chi connectivity index (χ4v) is 4.91. The minimum Gasteiger partial charge on any atom is -0.497 e. The van der Waals surface area contributed by atoms with E-state index in [1.165, 1.54) is 43.5 Å². The molecule has 1 aliphatic heterocycles. The molecule has 1 saturated heterocycles. The van der Waals surface area contributed by atoms with Gasteiger partial charge in [0, 0.05) is 25.2 Å². The van der Waals surface area contributed by atoms with Gasteiger partial charge in [0.05, 0.1) is 24.4 Å². The fourth-order valence-electron chi connectivity index (χ4n) is 4.02. The molecule has 3 aromatic rings. The first-order chi connectivity index (χ1) is 17.9. The van der Waals surface area contributed by atoms with Gasteiger partial charge in [0.15, 0.2) is 5.13 Å². The van der Waals surface area contributed by atoms with Gasteiger partial charge in [-0.25, -0.2) is 14.6 Å². The number of carboxylic acid groups (broad SMARTS) is 2. The summed E-state index contributed by atoms with van der Waals surface area (Å²) >= 11 is 1.66. The van der Waals surface area contributed by atoms with Gasteiger partial charge >= 0.3 is 11.9 Å². The summed E-state index contributed by atoms with van der Waals surface area (Å²) in [5.41, 5.74) is 3.66. The SMILES string of the molecule is COc1ccc(CNc2nc3ccc(OC)cc3s2)c(CCN2CCCCC2)c1.O=C(O)/C=C/C(=O)O. The molecule has 198 valence electrons. The van der Waals surface area contributed by atoms with E-state index < -0.39 is 11.9 Å². The number of fused-ring (bicyclic) bond motifs is 1. The third kappa shape index (κ3) is 9.07. The van der Waals surface area contributed by atoms with Crippen LogP contribution in [0.25, 0.3) is 10.2 Å². The molecule has 0 bridgehead atoms. The van der Waals surface area contributed by atoms with Crippen molar-refractivity contribution in [3.63, 3.8) is 0 Å². The molecule has 3 N–H and O–H groups in total. The van der Waals surface area contributed by atoms with Gasteiger partial charge in [0.25, 0.3) is 0 Å². The number of nitrogens with zero attached hydrogens (tertiary/aromatic N) is 2. The number of carboxylic acids is 2. The molecular weight excluding hydrogens is 494 g/mol. The first-order valence-corrected chi connectivity index (χ1v) is 12.9. The molecular formula is C27H33N3O6S. The zero-order chi connectivity index (χ0) is 26.6. The second kappa shape index (κ2) is 14.2. The number of hydrogen-bond donors (Lipinski definition) is 3. The number of benzene rings is 2. The smallest absolute Gasteiger partial charge is 0.328 e. The predicted octanol–water partition coefficient (Wildman–Crippen LogP) is 4.67. The Labute approximate surface area is 220 Å². The maximum Gasteiger partial charge on any atom is 0.328 e. The molecule has 2 heterocycles. The quantitative estimate of drug-likeness (QED) is 0.323. The molecule has 0 atom stereocenters. The van der Waals surface area contributed by atoms with E-state index in [1.54, 1.807) is 25.6 Å². The molecule has 2 aromatic carbocycles. The number of anilines is 1. The number of methoxy groups -OCH3 is 2. The van der Waals surface area contributed by atoms with E-state index in [-0.39, 0.29) is 0 Å². The molecule has 10 heteroatoms. The largest absolute Gasteiger partial charge is 0.497 e. The van der Waals surface area contributed by atoms with Crippen molar-refractivity contribution in [2.24, 2.45) is 0 Å². The summed E-state index contributed by atoms with van der Waals surface area (Å²) in [5, 5.41) is 20.1. The molecule has 0 aliphatic carbocycles. The Balaban J connectivity index is 0.000000414. The van der Waals surface area contributed by atoms with Crippen LogP contribution in [-0.4, -0.2) is 65.9 Å². The van der Waals surface area contributed by atoms with Crippen molar-refractivity contribution < 1.29 is 29.3 Å². The second-order valence-electron chi connectivity index (χ2n) is 8.50. The highest BCUT2D eigenvalue weighted by molar-refractivity contribution is 7.22. The number of aromatic nitrogens is 1. The number of piperidine rings is 1. The molecule has 1 aliphatic rings. The minimum atomic E-state index is -1.26. The minimum absolute atomic E-state index is 0.558. The van der Waals surface area contributed by atoms with Crippen LogP contribution in [0, 0.1) is 0 Å². The number of likely N-dealkylation sites (tertiary alicyclic amines) is 1. The monoisotopic (exact) mass is 527 g/mol. The zero-order valence-electron chi connectivity index (χ0n) is 21.1. The van der Waals surface area contributed by atoms with E-state index in [9.17, 15) is 9.59 Å². The lowest BCUT2D eigenvalue weighted by atomic mass is 10.0. The van der Waals surface area contributed by atoms with Gasteiger partial charge in [-0.3, -0.25) is 0 Å².